The van der Waals surface area contributed by atoms with E-state index < -0.39 is 9.84 Å². The molecule has 0 aromatic carbocycles. The molecule has 0 N–H and O–H groups in total. The minimum atomic E-state index is -2.91. The lowest BCUT2D eigenvalue weighted by Gasteiger charge is -2.39. The molecule has 4 heteroatoms. The van der Waals surface area contributed by atoms with Crippen LogP contribution in [0.25, 0.3) is 0 Å². The molecule has 3 nitrogen and oxygen atoms in total. The van der Waals surface area contributed by atoms with Gasteiger partial charge < -0.3 is 4.74 Å². The number of hydrogen-bond donors (Lipinski definition) is 0. The second-order valence-corrected chi connectivity index (χ2v) is 7.34. The van der Waals surface area contributed by atoms with E-state index in [4.69, 9.17) is 4.74 Å². The summed E-state index contributed by atoms with van der Waals surface area (Å²) in [5.41, 5.74) is -0.243. The van der Waals surface area contributed by atoms with Gasteiger partial charge in [-0.1, -0.05) is 6.92 Å². The Morgan fingerprint density at radius 1 is 1.29 bits per heavy atom. The summed E-state index contributed by atoms with van der Waals surface area (Å²) < 4.78 is 28.9. The molecule has 0 heterocycles. The Morgan fingerprint density at radius 2 is 1.86 bits per heavy atom. The van der Waals surface area contributed by atoms with Crippen LogP contribution in [0.3, 0.4) is 0 Å². The number of sulfone groups is 1. The van der Waals surface area contributed by atoms with Gasteiger partial charge in [0.2, 0.25) is 0 Å². The van der Waals surface area contributed by atoms with E-state index in [0.717, 1.165) is 12.8 Å². The average Bonchev–Trinajstić information content (AvgIpc) is 1.96. The SMILES string of the molecule is CCS(=O)(=O)C1CCC1OC(C)(C)C. The van der Waals surface area contributed by atoms with Crippen LogP contribution in [0.4, 0.5) is 0 Å². The van der Waals surface area contributed by atoms with E-state index in [2.05, 4.69) is 0 Å². The summed E-state index contributed by atoms with van der Waals surface area (Å²) in [5, 5.41) is -0.258. The van der Waals surface area contributed by atoms with E-state index in [1.165, 1.54) is 0 Å². The highest BCUT2D eigenvalue weighted by Gasteiger charge is 2.42. The summed E-state index contributed by atoms with van der Waals surface area (Å²) in [7, 11) is -2.91. The van der Waals surface area contributed by atoms with Crippen LogP contribution < -0.4 is 0 Å². The molecule has 0 bridgehead atoms. The highest BCUT2D eigenvalue weighted by molar-refractivity contribution is 7.92. The van der Waals surface area contributed by atoms with E-state index in [1.54, 1.807) is 6.92 Å². The third-order valence-corrected chi connectivity index (χ3v) is 4.79. The fourth-order valence-corrected chi connectivity index (χ4v) is 3.23. The molecule has 2 atom stereocenters. The predicted octanol–water partition coefficient (Wildman–Crippen LogP) is 1.77. The second kappa shape index (κ2) is 3.81. The summed E-state index contributed by atoms with van der Waals surface area (Å²) in [6.07, 6.45) is 1.55. The van der Waals surface area contributed by atoms with Crippen LogP contribution in [0.15, 0.2) is 0 Å². The Kier molecular flexibility index (Phi) is 3.26. The van der Waals surface area contributed by atoms with Crippen LogP contribution in [0.2, 0.25) is 0 Å². The van der Waals surface area contributed by atoms with Crippen molar-refractivity contribution in [3.8, 4) is 0 Å². The Labute approximate surface area is 86.8 Å². The lowest BCUT2D eigenvalue weighted by atomic mass is 9.94. The van der Waals surface area contributed by atoms with Gasteiger partial charge in [0.1, 0.15) is 0 Å². The van der Waals surface area contributed by atoms with Crippen LogP contribution in [-0.2, 0) is 14.6 Å². The highest BCUT2D eigenvalue weighted by Crippen LogP contribution is 2.33. The molecule has 0 aliphatic heterocycles. The molecule has 0 radical (unpaired) electrons. The largest absolute Gasteiger partial charge is 0.371 e. The number of ether oxygens (including phenoxy) is 1. The molecule has 1 aliphatic rings. The van der Waals surface area contributed by atoms with Gasteiger partial charge in [0.25, 0.3) is 0 Å². The summed E-state index contributed by atoms with van der Waals surface area (Å²) in [5.74, 6) is 0.224. The average molecular weight is 220 g/mol. The smallest absolute Gasteiger partial charge is 0.155 e. The molecule has 84 valence electrons. The molecule has 1 fully saturated rings. The Balaban J connectivity index is 2.60. The topological polar surface area (TPSA) is 43.4 Å². The fourth-order valence-electron chi connectivity index (χ4n) is 1.65. The second-order valence-electron chi connectivity index (χ2n) is 4.84. The lowest BCUT2D eigenvalue weighted by Crippen LogP contribution is -2.48. The zero-order valence-electron chi connectivity index (χ0n) is 9.41. The van der Waals surface area contributed by atoms with Gasteiger partial charge in [0.15, 0.2) is 9.84 Å². The number of rotatable bonds is 3. The summed E-state index contributed by atoms with van der Waals surface area (Å²) in [6, 6.07) is 0. The van der Waals surface area contributed by atoms with Crippen molar-refractivity contribution in [2.24, 2.45) is 0 Å². The van der Waals surface area contributed by atoms with Crippen LogP contribution in [0.5, 0.6) is 0 Å². The van der Waals surface area contributed by atoms with Gasteiger partial charge >= 0.3 is 0 Å². The molecule has 2 unspecified atom stereocenters. The minimum absolute atomic E-state index is 0.0834. The highest BCUT2D eigenvalue weighted by atomic mass is 32.2. The summed E-state index contributed by atoms with van der Waals surface area (Å²) in [6.45, 7) is 7.57. The van der Waals surface area contributed by atoms with E-state index in [-0.39, 0.29) is 22.7 Å². The first-order chi connectivity index (χ1) is 6.26. The molecule has 0 aromatic heterocycles. The Bertz CT molecular complexity index is 287. The van der Waals surface area contributed by atoms with Gasteiger partial charge in [-0.15, -0.1) is 0 Å². The third kappa shape index (κ3) is 2.70. The van der Waals surface area contributed by atoms with E-state index in [9.17, 15) is 8.42 Å². The van der Waals surface area contributed by atoms with Gasteiger partial charge in [-0.3, -0.25) is 0 Å². The van der Waals surface area contributed by atoms with Crippen molar-refractivity contribution in [1.29, 1.82) is 0 Å². The Hall–Kier alpha value is -0.0900. The van der Waals surface area contributed by atoms with Crippen LogP contribution in [0, 0.1) is 0 Å². The van der Waals surface area contributed by atoms with Gasteiger partial charge in [0.05, 0.1) is 17.0 Å². The van der Waals surface area contributed by atoms with Crippen molar-refractivity contribution >= 4 is 9.84 Å². The van der Waals surface area contributed by atoms with E-state index in [1.807, 2.05) is 20.8 Å². The van der Waals surface area contributed by atoms with E-state index >= 15 is 0 Å². The van der Waals surface area contributed by atoms with Crippen molar-refractivity contribution in [3.05, 3.63) is 0 Å². The van der Waals surface area contributed by atoms with Crippen molar-refractivity contribution in [1.82, 2.24) is 0 Å². The Morgan fingerprint density at radius 3 is 2.14 bits per heavy atom. The number of hydrogen-bond acceptors (Lipinski definition) is 3. The molecule has 0 aromatic rings. The van der Waals surface area contributed by atoms with Crippen LogP contribution in [-0.4, -0.2) is 31.1 Å². The van der Waals surface area contributed by atoms with Crippen molar-refractivity contribution in [2.75, 3.05) is 5.75 Å². The normalized spacial score (nSPS) is 28.6. The van der Waals surface area contributed by atoms with Gasteiger partial charge in [-0.25, -0.2) is 8.42 Å². The molecule has 14 heavy (non-hydrogen) atoms. The molecular weight excluding hydrogens is 200 g/mol. The molecule has 1 saturated carbocycles. The molecule has 1 aliphatic carbocycles. The van der Waals surface area contributed by atoms with Gasteiger partial charge in [0, 0.05) is 5.75 Å². The zero-order chi connectivity index (χ0) is 11.0. The van der Waals surface area contributed by atoms with Crippen molar-refractivity contribution < 1.29 is 13.2 Å². The summed E-state index contributed by atoms with van der Waals surface area (Å²) in [4.78, 5) is 0. The maximum Gasteiger partial charge on any atom is 0.155 e. The first-order valence-electron chi connectivity index (χ1n) is 5.15. The third-order valence-electron chi connectivity index (χ3n) is 2.52. The molecule has 0 spiro atoms. The van der Waals surface area contributed by atoms with Crippen LogP contribution >= 0.6 is 0 Å². The predicted molar refractivity (Wildman–Crippen MR) is 57.1 cm³/mol. The summed E-state index contributed by atoms with van der Waals surface area (Å²) >= 11 is 0. The van der Waals surface area contributed by atoms with Crippen LogP contribution in [0.1, 0.15) is 40.5 Å². The molecule has 1 rings (SSSR count). The first-order valence-corrected chi connectivity index (χ1v) is 6.87. The maximum atomic E-state index is 11.6. The fraction of sp³-hybridized carbons (Fsp3) is 1.00. The molecular formula is C10H20O3S. The zero-order valence-corrected chi connectivity index (χ0v) is 10.2. The minimum Gasteiger partial charge on any atom is -0.371 e. The lowest BCUT2D eigenvalue weighted by molar-refractivity contribution is -0.0888. The quantitative estimate of drug-likeness (QED) is 0.728. The van der Waals surface area contributed by atoms with Crippen molar-refractivity contribution in [2.45, 2.75) is 57.5 Å². The maximum absolute atomic E-state index is 11.6. The molecule has 0 amide bonds. The van der Waals surface area contributed by atoms with Gasteiger partial charge in [-0.05, 0) is 33.6 Å². The standard InChI is InChI=1S/C10H20O3S/c1-5-14(11,12)9-7-6-8(9)13-10(2,3)4/h8-9H,5-7H2,1-4H3. The van der Waals surface area contributed by atoms with Crippen molar-refractivity contribution in [3.63, 3.8) is 0 Å². The monoisotopic (exact) mass is 220 g/mol. The van der Waals surface area contributed by atoms with E-state index in [0.29, 0.717) is 0 Å². The first kappa shape index (κ1) is 12.0. The molecule has 0 saturated heterocycles. The van der Waals surface area contributed by atoms with Gasteiger partial charge in [-0.2, -0.15) is 0 Å².